The number of rotatable bonds is 7. The Bertz CT molecular complexity index is 667. The third-order valence-corrected chi connectivity index (χ3v) is 5.65. The third-order valence-electron chi connectivity index (χ3n) is 3.14. The molecule has 21 heavy (non-hydrogen) atoms. The molecule has 0 amide bonds. The smallest absolute Gasteiger partial charge is 0.243 e. The number of thiophene rings is 1. The Kier molecular flexibility index (Phi) is 5.39. The SMILES string of the molecule is CCNc1ccccc1S(=O)(=O)NC(CC)c1cccs1. The highest BCUT2D eigenvalue weighted by atomic mass is 32.2. The van der Waals surface area contributed by atoms with Gasteiger partial charge in [-0.15, -0.1) is 11.3 Å². The summed E-state index contributed by atoms with van der Waals surface area (Å²) in [5, 5.41) is 5.05. The fourth-order valence-corrected chi connectivity index (χ4v) is 4.54. The van der Waals surface area contributed by atoms with Gasteiger partial charge in [0.1, 0.15) is 4.90 Å². The van der Waals surface area contributed by atoms with E-state index in [2.05, 4.69) is 10.0 Å². The minimum Gasteiger partial charge on any atom is -0.384 e. The number of sulfonamides is 1. The van der Waals surface area contributed by atoms with Crippen LogP contribution in [-0.2, 0) is 10.0 Å². The summed E-state index contributed by atoms with van der Waals surface area (Å²) in [5.41, 5.74) is 0.633. The van der Waals surface area contributed by atoms with E-state index in [0.717, 1.165) is 4.88 Å². The molecule has 0 saturated heterocycles. The van der Waals surface area contributed by atoms with E-state index in [-0.39, 0.29) is 6.04 Å². The number of para-hydroxylation sites is 1. The maximum atomic E-state index is 12.6. The van der Waals surface area contributed by atoms with Crippen molar-refractivity contribution in [3.63, 3.8) is 0 Å². The normalized spacial score (nSPS) is 13.0. The standard InChI is InChI=1S/C15H20N2O2S2/c1-3-12(14-9-7-11-20-14)17-21(18,19)15-10-6-5-8-13(15)16-4-2/h5-12,16-17H,3-4H2,1-2H3. The van der Waals surface area contributed by atoms with Crippen LogP contribution in [0.4, 0.5) is 5.69 Å². The van der Waals surface area contributed by atoms with Crippen molar-refractivity contribution in [3.05, 3.63) is 46.7 Å². The monoisotopic (exact) mass is 324 g/mol. The van der Waals surface area contributed by atoms with Crippen molar-refractivity contribution in [1.82, 2.24) is 4.72 Å². The molecule has 1 aromatic carbocycles. The Balaban J connectivity index is 2.30. The maximum Gasteiger partial charge on any atom is 0.243 e. The first-order chi connectivity index (χ1) is 10.1. The summed E-state index contributed by atoms with van der Waals surface area (Å²) < 4.78 is 28.1. The van der Waals surface area contributed by atoms with Crippen molar-refractivity contribution in [2.45, 2.75) is 31.2 Å². The van der Waals surface area contributed by atoms with E-state index in [0.29, 0.717) is 23.5 Å². The molecule has 0 aliphatic carbocycles. The summed E-state index contributed by atoms with van der Waals surface area (Å²) in [5.74, 6) is 0. The molecule has 1 heterocycles. The van der Waals surface area contributed by atoms with Gasteiger partial charge in [0.25, 0.3) is 0 Å². The number of anilines is 1. The van der Waals surface area contributed by atoms with Crippen molar-refractivity contribution in [2.75, 3.05) is 11.9 Å². The average molecular weight is 324 g/mol. The lowest BCUT2D eigenvalue weighted by atomic mass is 10.2. The molecular weight excluding hydrogens is 304 g/mol. The van der Waals surface area contributed by atoms with E-state index in [1.165, 1.54) is 0 Å². The molecule has 1 aromatic heterocycles. The van der Waals surface area contributed by atoms with Gasteiger partial charge in [0.05, 0.1) is 11.7 Å². The van der Waals surface area contributed by atoms with Gasteiger partial charge in [-0.05, 0) is 36.9 Å². The van der Waals surface area contributed by atoms with Gasteiger partial charge in [-0.2, -0.15) is 0 Å². The molecule has 0 aliphatic rings. The summed E-state index contributed by atoms with van der Waals surface area (Å²) in [6.07, 6.45) is 0.711. The van der Waals surface area contributed by atoms with Gasteiger partial charge in [-0.25, -0.2) is 13.1 Å². The molecule has 1 unspecified atom stereocenters. The van der Waals surface area contributed by atoms with E-state index >= 15 is 0 Å². The minimum absolute atomic E-state index is 0.190. The van der Waals surface area contributed by atoms with Crippen LogP contribution in [0, 0.1) is 0 Å². The highest BCUT2D eigenvalue weighted by molar-refractivity contribution is 7.89. The summed E-state index contributed by atoms with van der Waals surface area (Å²) in [6, 6.07) is 10.7. The second-order valence-corrected chi connectivity index (χ2v) is 7.29. The number of hydrogen-bond donors (Lipinski definition) is 2. The number of benzene rings is 1. The van der Waals surface area contributed by atoms with E-state index < -0.39 is 10.0 Å². The van der Waals surface area contributed by atoms with Crippen LogP contribution in [0.5, 0.6) is 0 Å². The summed E-state index contributed by atoms with van der Waals surface area (Å²) in [6.45, 7) is 4.59. The van der Waals surface area contributed by atoms with Crippen molar-refractivity contribution in [2.24, 2.45) is 0 Å². The zero-order valence-electron chi connectivity index (χ0n) is 12.2. The van der Waals surface area contributed by atoms with Gasteiger partial charge in [0.2, 0.25) is 10.0 Å². The molecule has 0 radical (unpaired) electrons. The molecular formula is C15H20N2O2S2. The second kappa shape index (κ2) is 7.06. The van der Waals surface area contributed by atoms with Crippen molar-refractivity contribution >= 4 is 27.0 Å². The summed E-state index contributed by atoms with van der Waals surface area (Å²) in [4.78, 5) is 1.32. The van der Waals surface area contributed by atoms with Crippen molar-refractivity contribution in [1.29, 1.82) is 0 Å². The van der Waals surface area contributed by atoms with Crippen LogP contribution in [-0.4, -0.2) is 15.0 Å². The molecule has 2 aromatic rings. The van der Waals surface area contributed by atoms with Crippen LogP contribution in [0.1, 0.15) is 31.2 Å². The molecule has 114 valence electrons. The fraction of sp³-hybridized carbons (Fsp3) is 0.333. The topological polar surface area (TPSA) is 58.2 Å². The van der Waals surface area contributed by atoms with Gasteiger partial charge in [-0.3, -0.25) is 0 Å². The fourth-order valence-electron chi connectivity index (χ4n) is 2.12. The quantitative estimate of drug-likeness (QED) is 0.818. The Morgan fingerprint density at radius 2 is 1.90 bits per heavy atom. The predicted molar refractivity (Wildman–Crippen MR) is 88.3 cm³/mol. The molecule has 0 aliphatic heterocycles. The number of nitrogens with one attached hydrogen (secondary N) is 2. The third kappa shape index (κ3) is 3.84. The zero-order valence-corrected chi connectivity index (χ0v) is 13.8. The van der Waals surface area contributed by atoms with Crippen LogP contribution in [0.2, 0.25) is 0 Å². The molecule has 4 nitrogen and oxygen atoms in total. The molecule has 0 bridgehead atoms. The second-order valence-electron chi connectivity index (χ2n) is 4.62. The van der Waals surface area contributed by atoms with E-state index in [1.54, 1.807) is 29.5 Å². The first-order valence-electron chi connectivity index (χ1n) is 6.97. The van der Waals surface area contributed by atoms with E-state index in [9.17, 15) is 8.42 Å². The molecule has 0 saturated carbocycles. The Morgan fingerprint density at radius 3 is 2.52 bits per heavy atom. The highest BCUT2D eigenvalue weighted by Crippen LogP contribution is 2.26. The predicted octanol–water partition coefficient (Wildman–Crippen LogP) is 3.61. The molecule has 0 spiro atoms. The molecule has 2 rings (SSSR count). The summed E-state index contributed by atoms with van der Waals surface area (Å²) in [7, 11) is -3.56. The lowest BCUT2D eigenvalue weighted by Gasteiger charge is -2.17. The van der Waals surface area contributed by atoms with Crippen LogP contribution < -0.4 is 10.0 Å². The Morgan fingerprint density at radius 1 is 1.14 bits per heavy atom. The van der Waals surface area contributed by atoms with Gasteiger partial charge in [0, 0.05) is 11.4 Å². The lowest BCUT2D eigenvalue weighted by molar-refractivity contribution is 0.553. The van der Waals surface area contributed by atoms with E-state index in [4.69, 9.17) is 0 Å². The maximum absolute atomic E-state index is 12.6. The van der Waals surface area contributed by atoms with Gasteiger partial charge < -0.3 is 5.32 Å². The van der Waals surface area contributed by atoms with Crippen LogP contribution in [0.25, 0.3) is 0 Å². The van der Waals surface area contributed by atoms with Gasteiger partial charge >= 0.3 is 0 Å². The minimum atomic E-state index is -3.56. The largest absolute Gasteiger partial charge is 0.384 e. The highest BCUT2D eigenvalue weighted by Gasteiger charge is 2.23. The van der Waals surface area contributed by atoms with Gasteiger partial charge in [0.15, 0.2) is 0 Å². The van der Waals surface area contributed by atoms with Crippen molar-refractivity contribution < 1.29 is 8.42 Å². The van der Waals surface area contributed by atoms with Crippen molar-refractivity contribution in [3.8, 4) is 0 Å². The first-order valence-corrected chi connectivity index (χ1v) is 9.33. The Labute approximate surface area is 130 Å². The van der Waals surface area contributed by atoms with Gasteiger partial charge in [-0.1, -0.05) is 25.1 Å². The summed E-state index contributed by atoms with van der Waals surface area (Å²) >= 11 is 1.56. The molecule has 0 fully saturated rings. The van der Waals surface area contributed by atoms with E-state index in [1.807, 2.05) is 37.4 Å². The molecule has 2 N–H and O–H groups in total. The lowest BCUT2D eigenvalue weighted by Crippen LogP contribution is -2.28. The first kappa shape index (κ1) is 16.0. The number of hydrogen-bond acceptors (Lipinski definition) is 4. The van der Waals surface area contributed by atoms with Crippen LogP contribution in [0.3, 0.4) is 0 Å². The van der Waals surface area contributed by atoms with Crippen LogP contribution >= 0.6 is 11.3 Å². The zero-order chi connectivity index (χ0) is 15.3. The Hall–Kier alpha value is -1.37. The molecule has 1 atom stereocenters. The molecule has 6 heteroatoms. The average Bonchev–Trinajstić information content (AvgIpc) is 3.00. The van der Waals surface area contributed by atoms with Crippen LogP contribution in [0.15, 0.2) is 46.7 Å².